The van der Waals surface area contributed by atoms with E-state index in [9.17, 15) is 14.4 Å². The Bertz CT molecular complexity index is 907. The van der Waals surface area contributed by atoms with Gasteiger partial charge >= 0.3 is 0 Å². The van der Waals surface area contributed by atoms with Crippen molar-refractivity contribution in [3.05, 3.63) is 35.1 Å². The Kier molecular flexibility index (Phi) is 5.12. The number of Topliss-reactive ketones (excluding diaryl/α,β-unsaturated/α-hetero) is 3. The van der Waals surface area contributed by atoms with Crippen LogP contribution in [-0.2, 0) is 19.1 Å². The lowest BCUT2D eigenvalue weighted by Gasteiger charge is -2.61. The van der Waals surface area contributed by atoms with Gasteiger partial charge in [-0.2, -0.15) is 0 Å². The van der Waals surface area contributed by atoms with Crippen molar-refractivity contribution in [3.8, 4) is 0 Å². The maximum Gasteiger partial charge on any atom is 0.179 e. The van der Waals surface area contributed by atoms with Crippen LogP contribution in [-0.4, -0.2) is 23.0 Å². The molecule has 0 aromatic heterocycles. The monoisotopic (exact) mass is 412 g/mol. The number of ketones is 3. The number of rotatable bonds is 4. The van der Waals surface area contributed by atoms with Crippen LogP contribution in [0.15, 0.2) is 35.1 Å². The molecule has 1 saturated carbocycles. The average Bonchev–Trinajstić information content (AvgIpc) is 2.61. The molecule has 3 rings (SSSR count). The first kappa shape index (κ1) is 22.7. The van der Waals surface area contributed by atoms with Gasteiger partial charge in [0.1, 0.15) is 11.4 Å². The number of hydrogen-bond donors (Lipinski definition) is 0. The number of ether oxygens (including phenoxy) is 1. The third-order valence-electron chi connectivity index (χ3n) is 7.54. The highest BCUT2D eigenvalue weighted by Gasteiger charge is 2.74. The van der Waals surface area contributed by atoms with E-state index in [1.807, 2.05) is 61.5 Å². The molecule has 0 saturated heterocycles. The van der Waals surface area contributed by atoms with Crippen molar-refractivity contribution in [2.24, 2.45) is 28.1 Å². The number of hydrogen-bond acceptors (Lipinski definition) is 4. The number of fused-ring (bicyclic) bond motifs is 3. The van der Waals surface area contributed by atoms with E-state index in [1.54, 1.807) is 13.0 Å². The standard InChI is InChI=1S/C26H36O4/c1-15(2)10-11-17-14-25(9)20(28)18-12-13-23(5,6)30-21(18)26(22(25)29,24(17,7)8)19(27)16(3)4/h10,12-13,16-17H,11,14H2,1-9H3/t17-,25+,26-/m1/s1. The van der Waals surface area contributed by atoms with Gasteiger partial charge in [0.05, 0.1) is 11.0 Å². The average molecular weight is 413 g/mol. The molecule has 1 heterocycles. The minimum atomic E-state index is -1.46. The molecular weight excluding hydrogens is 376 g/mol. The Labute approximate surface area is 180 Å². The maximum absolute atomic E-state index is 14.2. The zero-order valence-corrected chi connectivity index (χ0v) is 19.9. The van der Waals surface area contributed by atoms with Crippen LogP contribution in [0.3, 0.4) is 0 Å². The summed E-state index contributed by atoms with van der Waals surface area (Å²) in [4.78, 5) is 41.8. The predicted octanol–water partition coefficient (Wildman–Crippen LogP) is 5.38. The van der Waals surface area contributed by atoms with Gasteiger partial charge in [0, 0.05) is 5.92 Å². The van der Waals surface area contributed by atoms with Crippen LogP contribution in [0, 0.1) is 28.1 Å². The number of carbonyl (C=O) groups excluding carboxylic acids is 3. The van der Waals surface area contributed by atoms with Gasteiger partial charge in [0.25, 0.3) is 0 Å². The van der Waals surface area contributed by atoms with Crippen LogP contribution in [0.1, 0.15) is 75.2 Å². The van der Waals surface area contributed by atoms with Crippen LogP contribution in [0.4, 0.5) is 0 Å². The van der Waals surface area contributed by atoms with E-state index in [2.05, 4.69) is 6.08 Å². The van der Waals surface area contributed by atoms with Gasteiger partial charge < -0.3 is 4.74 Å². The van der Waals surface area contributed by atoms with Crippen LogP contribution >= 0.6 is 0 Å². The lowest BCUT2D eigenvalue weighted by Crippen LogP contribution is -2.69. The molecule has 0 amide bonds. The fourth-order valence-electron chi connectivity index (χ4n) is 5.64. The summed E-state index contributed by atoms with van der Waals surface area (Å²) >= 11 is 0. The van der Waals surface area contributed by atoms with Crippen molar-refractivity contribution in [3.63, 3.8) is 0 Å². The fraction of sp³-hybridized carbons (Fsp3) is 0.654. The lowest BCUT2D eigenvalue weighted by molar-refractivity contribution is -0.178. The van der Waals surface area contributed by atoms with Crippen molar-refractivity contribution < 1.29 is 19.1 Å². The Morgan fingerprint density at radius 2 is 1.77 bits per heavy atom. The molecule has 0 aromatic rings. The molecule has 2 bridgehead atoms. The smallest absolute Gasteiger partial charge is 0.179 e. The molecule has 0 radical (unpaired) electrons. The fourth-order valence-corrected chi connectivity index (χ4v) is 5.64. The highest BCUT2D eigenvalue weighted by atomic mass is 16.5. The third kappa shape index (κ3) is 2.82. The number of carbonyl (C=O) groups is 3. The molecular formula is C26H36O4. The Morgan fingerprint density at radius 3 is 2.30 bits per heavy atom. The minimum absolute atomic E-state index is 0.00609. The predicted molar refractivity (Wildman–Crippen MR) is 118 cm³/mol. The Balaban J connectivity index is 2.40. The largest absolute Gasteiger partial charge is 0.486 e. The van der Waals surface area contributed by atoms with Gasteiger partial charge in [-0.25, -0.2) is 0 Å². The first-order chi connectivity index (χ1) is 13.6. The van der Waals surface area contributed by atoms with E-state index in [-0.39, 0.29) is 34.9 Å². The summed E-state index contributed by atoms with van der Waals surface area (Å²) < 4.78 is 6.35. The summed E-state index contributed by atoms with van der Waals surface area (Å²) in [5, 5.41) is 0. The Hall–Kier alpha value is -1.97. The van der Waals surface area contributed by atoms with E-state index in [4.69, 9.17) is 4.74 Å². The quantitative estimate of drug-likeness (QED) is 0.460. The summed E-state index contributed by atoms with van der Waals surface area (Å²) in [5.74, 6) is -0.710. The highest BCUT2D eigenvalue weighted by molar-refractivity contribution is 6.28. The van der Waals surface area contributed by atoms with Gasteiger partial charge in [-0.15, -0.1) is 0 Å². The second-order valence-electron chi connectivity index (χ2n) is 11.2. The van der Waals surface area contributed by atoms with Crippen molar-refractivity contribution in [2.45, 2.75) is 80.8 Å². The van der Waals surface area contributed by atoms with Crippen LogP contribution in [0.5, 0.6) is 0 Å². The first-order valence-corrected chi connectivity index (χ1v) is 11.0. The number of allylic oxidation sites excluding steroid dienone is 5. The highest BCUT2D eigenvalue weighted by Crippen LogP contribution is 2.66. The van der Waals surface area contributed by atoms with Gasteiger partial charge in [-0.3, -0.25) is 14.4 Å². The van der Waals surface area contributed by atoms with E-state index < -0.39 is 21.8 Å². The molecule has 3 aliphatic rings. The van der Waals surface area contributed by atoms with Crippen LogP contribution in [0.25, 0.3) is 0 Å². The van der Waals surface area contributed by atoms with E-state index in [0.29, 0.717) is 12.0 Å². The van der Waals surface area contributed by atoms with Crippen molar-refractivity contribution in [1.29, 1.82) is 0 Å². The SMILES string of the molecule is CC(C)=CC[C@@H]1C[C@@]2(C)C(=O)C3=C(OC(C)(C)C=C3)[C@](C(=O)C(C)C)(C2=O)C1(C)C. The molecule has 0 N–H and O–H groups in total. The second-order valence-corrected chi connectivity index (χ2v) is 11.2. The molecule has 1 aliphatic heterocycles. The van der Waals surface area contributed by atoms with E-state index >= 15 is 0 Å². The molecule has 30 heavy (non-hydrogen) atoms. The van der Waals surface area contributed by atoms with Gasteiger partial charge in [0.2, 0.25) is 0 Å². The van der Waals surface area contributed by atoms with Crippen molar-refractivity contribution in [2.75, 3.05) is 0 Å². The zero-order chi connectivity index (χ0) is 22.9. The molecule has 0 aromatic carbocycles. The third-order valence-corrected chi connectivity index (χ3v) is 7.54. The lowest BCUT2D eigenvalue weighted by atomic mass is 9.40. The topological polar surface area (TPSA) is 60.4 Å². The maximum atomic E-state index is 14.2. The summed E-state index contributed by atoms with van der Waals surface area (Å²) in [6.45, 7) is 17.3. The first-order valence-electron chi connectivity index (χ1n) is 11.0. The van der Waals surface area contributed by atoms with Crippen LogP contribution < -0.4 is 0 Å². The van der Waals surface area contributed by atoms with Gasteiger partial charge in [0.15, 0.2) is 22.8 Å². The molecule has 4 nitrogen and oxygen atoms in total. The second kappa shape index (κ2) is 6.77. The van der Waals surface area contributed by atoms with Gasteiger partial charge in [-0.05, 0) is 70.9 Å². The van der Waals surface area contributed by atoms with E-state index in [0.717, 1.165) is 6.42 Å². The summed E-state index contributed by atoms with van der Waals surface area (Å²) in [6.07, 6.45) is 6.95. The molecule has 164 valence electrons. The molecule has 2 aliphatic carbocycles. The summed E-state index contributed by atoms with van der Waals surface area (Å²) in [7, 11) is 0. The molecule has 3 atom stereocenters. The zero-order valence-electron chi connectivity index (χ0n) is 19.9. The normalized spacial score (nSPS) is 33.9. The minimum Gasteiger partial charge on any atom is -0.486 e. The van der Waals surface area contributed by atoms with Gasteiger partial charge in [-0.1, -0.05) is 39.3 Å². The van der Waals surface area contributed by atoms with Crippen molar-refractivity contribution >= 4 is 17.3 Å². The molecule has 1 fully saturated rings. The molecule has 4 heteroatoms. The van der Waals surface area contributed by atoms with Crippen LogP contribution in [0.2, 0.25) is 0 Å². The molecule has 0 spiro atoms. The Morgan fingerprint density at radius 1 is 1.17 bits per heavy atom. The summed E-state index contributed by atoms with van der Waals surface area (Å²) in [6, 6.07) is 0. The molecule has 0 unspecified atom stereocenters. The summed E-state index contributed by atoms with van der Waals surface area (Å²) in [5.41, 5.74) is -2.47. The van der Waals surface area contributed by atoms with E-state index in [1.165, 1.54) is 5.57 Å². The van der Waals surface area contributed by atoms with Crippen molar-refractivity contribution in [1.82, 2.24) is 0 Å².